The third kappa shape index (κ3) is 2.49. The minimum absolute atomic E-state index is 0.0136. The van der Waals surface area contributed by atoms with E-state index in [0.29, 0.717) is 12.8 Å². The molecule has 0 aromatic heterocycles. The number of carboxylic acid groups (broad SMARTS) is 1. The maximum absolute atomic E-state index is 12.1. The van der Waals surface area contributed by atoms with Gasteiger partial charge in [-0.2, -0.15) is 0 Å². The quantitative estimate of drug-likeness (QED) is 0.730. The van der Waals surface area contributed by atoms with Crippen LogP contribution in [-0.4, -0.2) is 41.9 Å². The zero-order valence-corrected chi connectivity index (χ0v) is 12.4. The molecule has 20 heavy (non-hydrogen) atoms. The summed E-state index contributed by atoms with van der Waals surface area (Å²) in [6.07, 6.45) is 3.58. The zero-order chi connectivity index (χ0) is 15.0. The normalized spacial score (nSPS) is 30.4. The summed E-state index contributed by atoms with van der Waals surface area (Å²) in [7, 11) is 1.67. The van der Waals surface area contributed by atoms with Crippen LogP contribution in [0.25, 0.3) is 0 Å². The zero-order valence-electron chi connectivity index (χ0n) is 12.4. The SMILES string of the molecule is COC1CC(NC(=O)NC2(C(=O)O)CCCC2)C1(C)C. The smallest absolute Gasteiger partial charge is 0.329 e. The van der Waals surface area contributed by atoms with Crippen molar-refractivity contribution in [1.82, 2.24) is 10.6 Å². The average Bonchev–Trinajstić information content (AvgIpc) is 2.83. The molecule has 0 aromatic carbocycles. The Kier molecular flexibility index (Phi) is 3.95. The molecule has 0 heterocycles. The van der Waals surface area contributed by atoms with Crippen molar-refractivity contribution in [3.63, 3.8) is 0 Å². The standard InChI is InChI=1S/C14H24N2O4/c1-13(2)9(8-10(13)20-3)15-12(19)16-14(11(17)18)6-4-5-7-14/h9-10H,4-8H2,1-3H3,(H,17,18)(H2,15,16,19). The van der Waals surface area contributed by atoms with Crippen molar-refractivity contribution in [2.75, 3.05) is 7.11 Å². The number of aliphatic carboxylic acids is 1. The summed E-state index contributed by atoms with van der Waals surface area (Å²) in [5.74, 6) is -0.937. The molecule has 2 saturated carbocycles. The molecule has 2 amide bonds. The molecular formula is C14H24N2O4. The van der Waals surface area contributed by atoms with Gasteiger partial charge in [-0.05, 0) is 19.3 Å². The van der Waals surface area contributed by atoms with Crippen molar-refractivity contribution < 1.29 is 19.4 Å². The molecule has 2 fully saturated rings. The van der Waals surface area contributed by atoms with Gasteiger partial charge in [-0.25, -0.2) is 9.59 Å². The van der Waals surface area contributed by atoms with Crippen LogP contribution in [-0.2, 0) is 9.53 Å². The maximum Gasteiger partial charge on any atom is 0.329 e. The lowest BCUT2D eigenvalue weighted by atomic mass is 9.64. The first-order valence-electron chi connectivity index (χ1n) is 7.17. The van der Waals surface area contributed by atoms with Gasteiger partial charge in [0.15, 0.2) is 0 Å². The third-order valence-electron chi connectivity index (χ3n) is 4.99. The first kappa shape index (κ1) is 15.1. The summed E-state index contributed by atoms with van der Waals surface area (Å²) in [4.78, 5) is 23.5. The highest BCUT2D eigenvalue weighted by Gasteiger charge is 2.50. The predicted octanol–water partition coefficient (Wildman–Crippen LogP) is 1.50. The molecule has 0 radical (unpaired) electrons. The Morgan fingerprint density at radius 3 is 2.30 bits per heavy atom. The molecule has 2 rings (SSSR count). The summed E-state index contributed by atoms with van der Waals surface area (Å²) in [5.41, 5.74) is -1.21. The molecule has 2 atom stereocenters. The van der Waals surface area contributed by atoms with E-state index >= 15 is 0 Å². The molecule has 0 aliphatic heterocycles. The molecule has 6 nitrogen and oxygen atoms in total. The van der Waals surface area contributed by atoms with Crippen LogP contribution >= 0.6 is 0 Å². The number of carbonyl (C=O) groups excluding carboxylic acids is 1. The highest BCUT2D eigenvalue weighted by atomic mass is 16.5. The number of carbonyl (C=O) groups is 2. The number of methoxy groups -OCH3 is 1. The third-order valence-corrected chi connectivity index (χ3v) is 4.99. The Bertz CT molecular complexity index is 402. The molecule has 0 saturated heterocycles. The number of hydrogen-bond acceptors (Lipinski definition) is 3. The van der Waals surface area contributed by atoms with E-state index < -0.39 is 11.5 Å². The number of hydrogen-bond donors (Lipinski definition) is 3. The fourth-order valence-corrected chi connectivity index (χ4v) is 3.31. The van der Waals surface area contributed by atoms with E-state index in [4.69, 9.17) is 4.74 Å². The number of rotatable bonds is 4. The van der Waals surface area contributed by atoms with Crippen LogP contribution in [0.5, 0.6) is 0 Å². The van der Waals surface area contributed by atoms with Crippen LogP contribution in [0.1, 0.15) is 46.0 Å². The Labute approximate surface area is 119 Å². The second-order valence-electron chi connectivity index (χ2n) is 6.53. The summed E-state index contributed by atoms with van der Waals surface area (Å²) < 4.78 is 5.34. The van der Waals surface area contributed by atoms with E-state index in [0.717, 1.165) is 19.3 Å². The summed E-state index contributed by atoms with van der Waals surface area (Å²) in [6.45, 7) is 4.08. The van der Waals surface area contributed by atoms with E-state index in [1.165, 1.54) is 0 Å². The maximum atomic E-state index is 12.1. The molecule has 0 spiro atoms. The Hall–Kier alpha value is -1.30. The first-order chi connectivity index (χ1) is 9.32. The van der Waals surface area contributed by atoms with E-state index in [-0.39, 0.29) is 23.6 Å². The fourth-order valence-electron chi connectivity index (χ4n) is 3.31. The first-order valence-corrected chi connectivity index (χ1v) is 7.17. The van der Waals surface area contributed by atoms with Crippen LogP contribution < -0.4 is 10.6 Å². The predicted molar refractivity (Wildman–Crippen MR) is 73.5 cm³/mol. The van der Waals surface area contributed by atoms with Gasteiger partial charge in [0.05, 0.1) is 6.10 Å². The lowest BCUT2D eigenvalue weighted by Crippen LogP contribution is -2.65. The molecule has 3 N–H and O–H groups in total. The molecule has 6 heteroatoms. The van der Waals surface area contributed by atoms with Crippen LogP contribution in [0.3, 0.4) is 0 Å². The molecule has 114 valence electrons. The van der Waals surface area contributed by atoms with Gasteiger partial charge in [0.2, 0.25) is 0 Å². The van der Waals surface area contributed by atoms with Crippen molar-refractivity contribution in [2.45, 2.75) is 63.6 Å². The molecule has 2 aliphatic rings. The fraction of sp³-hybridized carbons (Fsp3) is 0.857. The van der Waals surface area contributed by atoms with Gasteiger partial charge in [0.25, 0.3) is 0 Å². The number of amides is 2. The van der Waals surface area contributed by atoms with E-state index in [1.807, 2.05) is 13.8 Å². The van der Waals surface area contributed by atoms with Gasteiger partial charge in [0, 0.05) is 18.6 Å². The molecule has 0 bridgehead atoms. The van der Waals surface area contributed by atoms with Gasteiger partial charge in [0.1, 0.15) is 5.54 Å². The average molecular weight is 284 g/mol. The van der Waals surface area contributed by atoms with E-state index in [9.17, 15) is 14.7 Å². The molecular weight excluding hydrogens is 260 g/mol. The topological polar surface area (TPSA) is 87.7 Å². The van der Waals surface area contributed by atoms with Gasteiger partial charge in [-0.15, -0.1) is 0 Å². The Balaban J connectivity index is 1.92. The summed E-state index contributed by atoms with van der Waals surface area (Å²) in [6, 6.07) is -0.373. The minimum Gasteiger partial charge on any atom is -0.480 e. The van der Waals surface area contributed by atoms with Crippen molar-refractivity contribution >= 4 is 12.0 Å². The molecule has 0 aromatic rings. The van der Waals surface area contributed by atoms with Crippen molar-refractivity contribution in [3.8, 4) is 0 Å². The van der Waals surface area contributed by atoms with Crippen molar-refractivity contribution in [2.24, 2.45) is 5.41 Å². The molecule has 2 aliphatic carbocycles. The van der Waals surface area contributed by atoms with Crippen molar-refractivity contribution in [1.29, 1.82) is 0 Å². The van der Waals surface area contributed by atoms with Gasteiger partial charge in [-0.1, -0.05) is 26.7 Å². The van der Waals surface area contributed by atoms with Crippen LogP contribution in [0, 0.1) is 5.41 Å². The Morgan fingerprint density at radius 1 is 1.25 bits per heavy atom. The molecule has 2 unspecified atom stereocenters. The highest BCUT2D eigenvalue weighted by Crippen LogP contribution is 2.42. The highest BCUT2D eigenvalue weighted by molar-refractivity contribution is 5.86. The minimum atomic E-state index is -1.08. The second-order valence-corrected chi connectivity index (χ2v) is 6.53. The number of ether oxygens (including phenoxy) is 1. The number of carboxylic acids is 1. The lowest BCUT2D eigenvalue weighted by Gasteiger charge is -2.51. The number of nitrogens with one attached hydrogen (secondary N) is 2. The summed E-state index contributed by atoms with van der Waals surface area (Å²) in [5, 5.41) is 14.9. The second kappa shape index (κ2) is 5.24. The van der Waals surface area contributed by atoms with Crippen LogP contribution in [0.4, 0.5) is 4.79 Å². The van der Waals surface area contributed by atoms with Gasteiger partial charge < -0.3 is 20.5 Å². The van der Waals surface area contributed by atoms with Gasteiger partial charge >= 0.3 is 12.0 Å². The van der Waals surface area contributed by atoms with E-state index in [2.05, 4.69) is 10.6 Å². The number of urea groups is 1. The van der Waals surface area contributed by atoms with Crippen LogP contribution in [0.15, 0.2) is 0 Å². The van der Waals surface area contributed by atoms with Gasteiger partial charge in [-0.3, -0.25) is 0 Å². The van der Waals surface area contributed by atoms with E-state index in [1.54, 1.807) is 7.11 Å². The Morgan fingerprint density at radius 2 is 1.85 bits per heavy atom. The monoisotopic (exact) mass is 284 g/mol. The lowest BCUT2D eigenvalue weighted by molar-refractivity contribution is -0.144. The summed E-state index contributed by atoms with van der Waals surface area (Å²) >= 11 is 0. The van der Waals surface area contributed by atoms with Crippen LogP contribution in [0.2, 0.25) is 0 Å². The largest absolute Gasteiger partial charge is 0.480 e. The van der Waals surface area contributed by atoms with Crippen molar-refractivity contribution in [3.05, 3.63) is 0 Å².